The first-order valence-electron chi connectivity index (χ1n) is 7.45. The molecule has 2 aromatic carbocycles. The molecule has 112 valence electrons. The van der Waals surface area contributed by atoms with Crippen molar-refractivity contribution in [3.05, 3.63) is 86.9 Å². The van der Waals surface area contributed by atoms with E-state index in [1.807, 2.05) is 0 Å². The Morgan fingerprint density at radius 1 is 0.955 bits per heavy atom. The van der Waals surface area contributed by atoms with Gasteiger partial charge < -0.3 is 4.98 Å². The fourth-order valence-electron chi connectivity index (χ4n) is 2.60. The maximum Gasteiger partial charge on any atom is 0.111 e. The topological polar surface area (TPSA) is 28.7 Å². The minimum Gasteiger partial charge on any atom is -0.346 e. The van der Waals surface area contributed by atoms with E-state index in [1.165, 1.54) is 16.7 Å². The van der Waals surface area contributed by atoms with Crippen LogP contribution in [0.2, 0.25) is 0 Å². The van der Waals surface area contributed by atoms with Crippen molar-refractivity contribution >= 4 is 15.9 Å². The van der Waals surface area contributed by atoms with Gasteiger partial charge in [0.05, 0.1) is 5.69 Å². The maximum absolute atomic E-state index is 4.80. The van der Waals surface area contributed by atoms with Crippen LogP contribution in [-0.2, 0) is 12.8 Å². The van der Waals surface area contributed by atoms with Gasteiger partial charge in [-0.3, -0.25) is 0 Å². The highest BCUT2D eigenvalue weighted by molar-refractivity contribution is 9.10. The Kier molecular flexibility index (Phi) is 4.44. The summed E-state index contributed by atoms with van der Waals surface area (Å²) in [7, 11) is 0. The number of halogens is 1. The van der Waals surface area contributed by atoms with Crippen molar-refractivity contribution in [1.82, 2.24) is 9.97 Å². The van der Waals surface area contributed by atoms with Crippen molar-refractivity contribution in [2.24, 2.45) is 0 Å². The minimum absolute atomic E-state index is 0.855. The quantitative estimate of drug-likeness (QED) is 0.703. The first-order valence-corrected chi connectivity index (χ1v) is 8.24. The second kappa shape index (κ2) is 6.49. The Hall–Kier alpha value is -1.87. The van der Waals surface area contributed by atoms with Crippen molar-refractivity contribution < 1.29 is 0 Å². The highest BCUT2D eigenvalue weighted by Gasteiger charge is 2.09. The lowest BCUT2D eigenvalue weighted by Crippen LogP contribution is -1.94. The first-order chi connectivity index (χ1) is 10.6. The standard InChI is InChI=1S/C19H19BrN2/c1-13-5-3-4-6-16(13)12-19-21-14(2)18(22-19)11-15-7-9-17(20)10-8-15/h3-10H,11-12H2,1-2H3,(H,21,22). The molecule has 0 aliphatic heterocycles. The molecule has 0 bridgehead atoms. The van der Waals surface area contributed by atoms with Crippen LogP contribution in [0.15, 0.2) is 53.0 Å². The third-order valence-corrected chi connectivity index (χ3v) is 4.47. The monoisotopic (exact) mass is 354 g/mol. The van der Waals surface area contributed by atoms with Crippen molar-refractivity contribution in [2.75, 3.05) is 0 Å². The molecule has 22 heavy (non-hydrogen) atoms. The number of nitrogens with zero attached hydrogens (tertiary/aromatic N) is 1. The molecule has 0 unspecified atom stereocenters. The highest BCUT2D eigenvalue weighted by Crippen LogP contribution is 2.17. The number of imidazole rings is 1. The van der Waals surface area contributed by atoms with Gasteiger partial charge in [-0.2, -0.15) is 0 Å². The van der Waals surface area contributed by atoms with E-state index >= 15 is 0 Å². The summed E-state index contributed by atoms with van der Waals surface area (Å²) < 4.78 is 1.11. The van der Waals surface area contributed by atoms with Crippen molar-refractivity contribution in [3.8, 4) is 0 Å². The average molecular weight is 355 g/mol. The second-order valence-corrected chi connectivity index (χ2v) is 6.58. The molecular formula is C19H19BrN2. The van der Waals surface area contributed by atoms with Gasteiger partial charge in [-0.05, 0) is 42.7 Å². The zero-order valence-corrected chi connectivity index (χ0v) is 14.4. The van der Waals surface area contributed by atoms with Gasteiger partial charge in [0.25, 0.3) is 0 Å². The summed E-state index contributed by atoms with van der Waals surface area (Å²) in [5.74, 6) is 1.04. The number of H-pyrrole nitrogens is 1. The van der Waals surface area contributed by atoms with Crippen LogP contribution in [0, 0.1) is 13.8 Å². The van der Waals surface area contributed by atoms with Crippen LogP contribution in [0.3, 0.4) is 0 Å². The number of nitrogens with one attached hydrogen (secondary N) is 1. The van der Waals surface area contributed by atoms with Crippen molar-refractivity contribution in [2.45, 2.75) is 26.7 Å². The smallest absolute Gasteiger partial charge is 0.111 e. The first kappa shape index (κ1) is 15.0. The van der Waals surface area contributed by atoms with Crippen LogP contribution >= 0.6 is 15.9 Å². The van der Waals surface area contributed by atoms with Gasteiger partial charge in [-0.25, -0.2) is 4.98 Å². The Bertz CT molecular complexity index is 772. The number of rotatable bonds is 4. The molecule has 3 rings (SSSR count). The minimum atomic E-state index is 0.855. The lowest BCUT2D eigenvalue weighted by Gasteiger charge is -2.02. The molecule has 1 aromatic heterocycles. The SMILES string of the molecule is Cc1ccccc1Cc1nc(Cc2ccc(Br)cc2)c(C)[nH]1. The van der Waals surface area contributed by atoms with Crippen molar-refractivity contribution in [1.29, 1.82) is 0 Å². The largest absolute Gasteiger partial charge is 0.346 e. The van der Waals surface area contributed by atoms with Gasteiger partial charge in [0, 0.05) is 23.0 Å². The van der Waals surface area contributed by atoms with Crippen LogP contribution in [0.25, 0.3) is 0 Å². The number of hydrogen-bond donors (Lipinski definition) is 1. The van der Waals surface area contributed by atoms with E-state index in [-0.39, 0.29) is 0 Å². The Morgan fingerprint density at radius 3 is 2.41 bits per heavy atom. The maximum atomic E-state index is 4.80. The van der Waals surface area contributed by atoms with Crippen LogP contribution in [-0.4, -0.2) is 9.97 Å². The summed E-state index contributed by atoms with van der Waals surface area (Å²) in [6.07, 6.45) is 1.72. The third kappa shape index (κ3) is 3.47. The van der Waals surface area contributed by atoms with Gasteiger partial charge >= 0.3 is 0 Å². The fourth-order valence-corrected chi connectivity index (χ4v) is 2.87. The predicted molar refractivity (Wildman–Crippen MR) is 94.3 cm³/mol. The predicted octanol–water partition coefficient (Wildman–Crippen LogP) is 4.97. The van der Waals surface area contributed by atoms with E-state index in [0.29, 0.717) is 0 Å². The fraction of sp³-hybridized carbons (Fsp3) is 0.211. The number of aryl methyl sites for hydroxylation is 2. The summed E-state index contributed by atoms with van der Waals surface area (Å²) in [6.45, 7) is 4.25. The summed E-state index contributed by atoms with van der Waals surface area (Å²) in [4.78, 5) is 8.23. The second-order valence-electron chi connectivity index (χ2n) is 5.66. The summed E-state index contributed by atoms with van der Waals surface area (Å²) in [5, 5.41) is 0. The number of aromatic nitrogens is 2. The van der Waals surface area contributed by atoms with Gasteiger partial charge in [0.15, 0.2) is 0 Å². The molecule has 0 radical (unpaired) electrons. The van der Waals surface area contributed by atoms with Gasteiger partial charge in [-0.1, -0.05) is 52.3 Å². The van der Waals surface area contributed by atoms with E-state index in [2.05, 4.69) is 83.3 Å². The molecule has 0 saturated carbocycles. The molecule has 3 heteroatoms. The zero-order valence-electron chi connectivity index (χ0n) is 12.9. The highest BCUT2D eigenvalue weighted by atomic mass is 79.9. The lowest BCUT2D eigenvalue weighted by atomic mass is 10.1. The van der Waals surface area contributed by atoms with Crippen LogP contribution in [0.5, 0.6) is 0 Å². The van der Waals surface area contributed by atoms with Crippen LogP contribution in [0.4, 0.5) is 0 Å². The Balaban J connectivity index is 1.79. The van der Waals surface area contributed by atoms with Gasteiger partial charge in [0.2, 0.25) is 0 Å². The molecule has 2 nitrogen and oxygen atoms in total. The summed E-state index contributed by atoms with van der Waals surface area (Å²) in [5.41, 5.74) is 6.20. The van der Waals surface area contributed by atoms with E-state index in [1.54, 1.807) is 0 Å². The number of hydrogen-bond acceptors (Lipinski definition) is 1. The van der Waals surface area contributed by atoms with Gasteiger partial charge in [-0.15, -0.1) is 0 Å². The summed E-state index contributed by atoms with van der Waals surface area (Å²) >= 11 is 3.47. The van der Waals surface area contributed by atoms with E-state index in [9.17, 15) is 0 Å². The Morgan fingerprint density at radius 2 is 1.68 bits per heavy atom. The molecule has 1 heterocycles. The number of aromatic amines is 1. The number of benzene rings is 2. The average Bonchev–Trinajstić information content (AvgIpc) is 2.84. The molecule has 0 amide bonds. The van der Waals surface area contributed by atoms with Crippen LogP contribution < -0.4 is 0 Å². The van der Waals surface area contributed by atoms with E-state index < -0.39 is 0 Å². The molecule has 0 saturated heterocycles. The molecule has 0 aliphatic rings. The molecule has 0 spiro atoms. The van der Waals surface area contributed by atoms with Crippen LogP contribution in [0.1, 0.15) is 33.9 Å². The molecule has 0 aliphatic carbocycles. The van der Waals surface area contributed by atoms with Crippen molar-refractivity contribution in [3.63, 3.8) is 0 Å². The van der Waals surface area contributed by atoms with E-state index in [0.717, 1.165) is 34.5 Å². The zero-order chi connectivity index (χ0) is 15.5. The lowest BCUT2D eigenvalue weighted by molar-refractivity contribution is 0.991. The third-order valence-electron chi connectivity index (χ3n) is 3.94. The normalized spacial score (nSPS) is 10.9. The molecule has 0 atom stereocenters. The molecule has 3 aromatic rings. The van der Waals surface area contributed by atoms with Gasteiger partial charge in [0.1, 0.15) is 5.82 Å². The van der Waals surface area contributed by atoms with E-state index in [4.69, 9.17) is 4.98 Å². The molecule has 1 N–H and O–H groups in total. The summed E-state index contributed by atoms with van der Waals surface area (Å²) in [6, 6.07) is 16.9. The molecular weight excluding hydrogens is 336 g/mol. The Labute approximate surface area is 139 Å². The molecule has 0 fully saturated rings.